The van der Waals surface area contributed by atoms with Gasteiger partial charge in [0.1, 0.15) is 18.0 Å². The molecular formula is C71H48N8. The Morgan fingerprint density at radius 2 is 0.797 bits per heavy atom. The second kappa shape index (κ2) is 18.0. The number of nitrogens with zero attached hydrogens (tertiary/aromatic N) is 7. The number of amidine groups is 2. The normalized spacial score (nSPS) is 15.6. The molecule has 5 heterocycles. The molecule has 0 aliphatic carbocycles. The molecule has 0 amide bonds. The van der Waals surface area contributed by atoms with Gasteiger partial charge in [0.15, 0.2) is 5.84 Å². The fourth-order valence-electron chi connectivity index (χ4n) is 12.3. The molecule has 11 aromatic carbocycles. The van der Waals surface area contributed by atoms with E-state index in [1.54, 1.807) is 0 Å². The SMILES string of the molecule is c1ccc(C2=NC(c3ccccc3)NC(c3cccc(-n4c5ccccc5c5c6c(ccc54)N(c4ccccc4)c4c(ccc5c4c4ccccc4n5-c4cccc([C@@H]5N=C5c5ccccc5)c4)N6c4ccccc4)c3)=N2)cc1. The van der Waals surface area contributed by atoms with E-state index in [1.165, 1.54) is 21.9 Å². The maximum absolute atomic E-state index is 5.22. The van der Waals surface area contributed by atoms with Crippen LogP contribution in [0.25, 0.3) is 55.0 Å². The van der Waals surface area contributed by atoms with Crippen molar-refractivity contribution < 1.29 is 0 Å². The molecule has 1 unspecified atom stereocenters. The Balaban J connectivity index is 0.905. The minimum absolute atomic E-state index is 0.0403. The smallest absolute Gasteiger partial charge is 0.159 e. The first-order chi connectivity index (χ1) is 39.2. The van der Waals surface area contributed by atoms with Gasteiger partial charge in [0.25, 0.3) is 0 Å². The highest BCUT2D eigenvalue weighted by Crippen LogP contribution is 2.60. The van der Waals surface area contributed by atoms with E-state index >= 15 is 0 Å². The summed E-state index contributed by atoms with van der Waals surface area (Å²) in [5, 5.41) is 8.37. The van der Waals surface area contributed by atoms with Gasteiger partial charge in [0.05, 0.1) is 50.5 Å². The molecule has 13 aromatic rings. The number of rotatable bonds is 9. The van der Waals surface area contributed by atoms with Crippen LogP contribution in [0.3, 0.4) is 0 Å². The van der Waals surface area contributed by atoms with Crippen LogP contribution < -0.4 is 15.1 Å². The second-order valence-corrected chi connectivity index (χ2v) is 20.4. The first kappa shape index (κ1) is 44.7. The summed E-state index contributed by atoms with van der Waals surface area (Å²) in [6, 6.07) is 97.8. The van der Waals surface area contributed by atoms with E-state index < -0.39 is 0 Å². The minimum atomic E-state index is -0.313. The number of hydrogen-bond acceptors (Lipinski definition) is 6. The maximum atomic E-state index is 5.22. The van der Waals surface area contributed by atoms with Crippen molar-refractivity contribution in [3.05, 3.63) is 301 Å². The van der Waals surface area contributed by atoms with Gasteiger partial charge in [0, 0.05) is 55.4 Å². The molecule has 16 rings (SSSR count). The average Bonchev–Trinajstić information content (AvgIpc) is 3.68. The number of anilines is 6. The summed E-state index contributed by atoms with van der Waals surface area (Å²) >= 11 is 0. The Morgan fingerprint density at radius 1 is 0.342 bits per heavy atom. The van der Waals surface area contributed by atoms with E-state index in [9.17, 15) is 0 Å². The van der Waals surface area contributed by atoms with Gasteiger partial charge in [-0.25, -0.2) is 9.98 Å². The van der Waals surface area contributed by atoms with Crippen molar-refractivity contribution in [3.63, 3.8) is 0 Å². The lowest BCUT2D eigenvalue weighted by molar-refractivity contribution is 0.674. The first-order valence-electron chi connectivity index (χ1n) is 26.9. The maximum Gasteiger partial charge on any atom is 0.159 e. The summed E-state index contributed by atoms with van der Waals surface area (Å²) in [4.78, 5) is 20.4. The van der Waals surface area contributed by atoms with E-state index in [-0.39, 0.29) is 12.2 Å². The van der Waals surface area contributed by atoms with Crippen LogP contribution >= 0.6 is 0 Å². The molecule has 0 spiro atoms. The Morgan fingerprint density at radius 3 is 1.38 bits per heavy atom. The summed E-state index contributed by atoms with van der Waals surface area (Å²) in [5.41, 5.74) is 19.6. The fourth-order valence-corrected chi connectivity index (χ4v) is 12.3. The zero-order valence-corrected chi connectivity index (χ0v) is 42.8. The zero-order valence-electron chi connectivity index (χ0n) is 42.8. The van der Waals surface area contributed by atoms with E-state index in [1.807, 2.05) is 24.3 Å². The lowest BCUT2D eigenvalue weighted by Crippen LogP contribution is -2.33. The third-order valence-electron chi connectivity index (χ3n) is 15.8. The number of fused-ring (bicyclic) bond motifs is 10. The van der Waals surface area contributed by atoms with Crippen LogP contribution in [-0.2, 0) is 0 Å². The highest BCUT2D eigenvalue weighted by Gasteiger charge is 2.37. The van der Waals surface area contributed by atoms with Gasteiger partial charge in [-0.2, -0.15) is 0 Å². The molecule has 2 aromatic heterocycles. The van der Waals surface area contributed by atoms with E-state index in [4.69, 9.17) is 15.0 Å². The zero-order chi connectivity index (χ0) is 52.0. The standard InChI is InChI=1S/C71H48N8/c1-6-22-46(23-7-1)65-66(72-65)49-28-20-34-53(44-49)76-57-38-18-16-36-55(57)63-59(76)40-42-61-67(63)78(51-30-12-4-13-31-51)62-43-41-60-64(68(62)79(61)52-32-14-5-15-33-52)56-37-17-19-39-58(56)77(60)54-35-21-29-50(45-54)71-74-69(47-24-8-2-9-25-47)73-70(75-71)48-26-10-3-11-27-48/h1-45,66,69H,(H,73,74,75)/t66-,69?/m0/s1. The highest BCUT2D eigenvalue weighted by molar-refractivity contribution is 6.27. The lowest BCUT2D eigenvalue weighted by atomic mass is 9.98. The van der Waals surface area contributed by atoms with Crippen LogP contribution in [0.2, 0.25) is 0 Å². The third-order valence-corrected chi connectivity index (χ3v) is 15.8. The van der Waals surface area contributed by atoms with Gasteiger partial charge in [-0.15, -0.1) is 0 Å². The molecule has 1 N–H and O–H groups in total. The van der Waals surface area contributed by atoms with E-state index in [0.717, 1.165) is 107 Å². The molecule has 372 valence electrons. The second-order valence-electron chi connectivity index (χ2n) is 20.4. The van der Waals surface area contributed by atoms with Crippen molar-refractivity contribution >= 4 is 95.1 Å². The number of para-hydroxylation sites is 4. The molecule has 0 bridgehead atoms. The molecule has 0 saturated carbocycles. The molecule has 3 aliphatic rings. The van der Waals surface area contributed by atoms with Gasteiger partial charge >= 0.3 is 0 Å². The number of nitrogens with one attached hydrogen (secondary N) is 1. The van der Waals surface area contributed by atoms with Crippen LogP contribution in [0.1, 0.15) is 40.0 Å². The molecule has 0 fully saturated rings. The van der Waals surface area contributed by atoms with E-state index in [2.05, 4.69) is 273 Å². The quantitative estimate of drug-likeness (QED) is 0.157. The fraction of sp³-hybridized carbons (Fsp3) is 0.0282. The number of benzene rings is 11. The summed E-state index contributed by atoms with van der Waals surface area (Å²) in [6.07, 6.45) is -0.313. The van der Waals surface area contributed by atoms with Crippen LogP contribution in [0.4, 0.5) is 34.1 Å². The summed E-state index contributed by atoms with van der Waals surface area (Å²) in [7, 11) is 0. The molecule has 3 aliphatic heterocycles. The molecular weight excluding hydrogens is 965 g/mol. The molecule has 2 atom stereocenters. The lowest BCUT2D eigenvalue weighted by Gasteiger charge is -2.41. The minimum Gasteiger partial charge on any atom is -0.344 e. The molecule has 8 heteroatoms. The predicted octanol–water partition coefficient (Wildman–Crippen LogP) is 17.2. The monoisotopic (exact) mass is 1010 g/mol. The van der Waals surface area contributed by atoms with Crippen molar-refractivity contribution in [1.82, 2.24) is 14.5 Å². The van der Waals surface area contributed by atoms with Gasteiger partial charge in [-0.05, 0) is 102 Å². The van der Waals surface area contributed by atoms with Crippen molar-refractivity contribution in [2.24, 2.45) is 15.0 Å². The molecule has 0 saturated heterocycles. The highest BCUT2D eigenvalue weighted by atomic mass is 15.3. The van der Waals surface area contributed by atoms with Crippen molar-refractivity contribution in [3.8, 4) is 11.4 Å². The summed E-state index contributed by atoms with van der Waals surface area (Å²) < 4.78 is 4.87. The van der Waals surface area contributed by atoms with Crippen LogP contribution in [0.5, 0.6) is 0 Å². The summed E-state index contributed by atoms with van der Waals surface area (Å²) in [6.45, 7) is 0. The van der Waals surface area contributed by atoms with Gasteiger partial charge in [-0.3, -0.25) is 4.99 Å². The van der Waals surface area contributed by atoms with Gasteiger partial charge in [0.2, 0.25) is 0 Å². The van der Waals surface area contributed by atoms with Crippen LogP contribution in [0, 0.1) is 0 Å². The Kier molecular flexibility index (Phi) is 10.2. The number of aliphatic imine (C=N–C) groups is 3. The Labute approximate surface area is 456 Å². The number of aromatic nitrogens is 2. The van der Waals surface area contributed by atoms with Gasteiger partial charge < -0.3 is 24.3 Å². The average molecular weight is 1010 g/mol. The van der Waals surface area contributed by atoms with E-state index in [0.29, 0.717) is 5.84 Å². The number of hydrogen-bond donors (Lipinski definition) is 1. The first-order valence-corrected chi connectivity index (χ1v) is 26.9. The largest absolute Gasteiger partial charge is 0.344 e. The third kappa shape index (κ3) is 7.26. The molecule has 79 heavy (non-hydrogen) atoms. The van der Waals surface area contributed by atoms with Gasteiger partial charge in [-0.1, -0.05) is 188 Å². The topological polar surface area (TPSA) is 65.5 Å². The van der Waals surface area contributed by atoms with Crippen LogP contribution in [0.15, 0.2) is 288 Å². The Bertz CT molecular complexity index is 4640. The molecule has 0 radical (unpaired) electrons. The van der Waals surface area contributed by atoms with Crippen molar-refractivity contribution in [1.29, 1.82) is 0 Å². The summed E-state index contributed by atoms with van der Waals surface area (Å²) in [5.74, 6) is 1.46. The van der Waals surface area contributed by atoms with Crippen molar-refractivity contribution in [2.45, 2.75) is 12.2 Å². The Hall–Kier alpha value is -10.6. The van der Waals surface area contributed by atoms with Crippen molar-refractivity contribution in [2.75, 3.05) is 9.80 Å². The van der Waals surface area contributed by atoms with Crippen LogP contribution in [-0.4, -0.2) is 26.5 Å². The molecule has 8 nitrogen and oxygen atoms in total. The predicted molar refractivity (Wildman–Crippen MR) is 326 cm³/mol.